The van der Waals surface area contributed by atoms with Crippen LogP contribution in [0.1, 0.15) is 24.5 Å². The molecule has 1 nitrogen and oxygen atoms in total. The molecule has 0 saturated carbocycles. The van der Waals surface area contributed by atoms with Gasteiger partial charge in [0.05, 0.1) is 11.4 Å². The van der Waals surface area contributed by atoms with Crippen LogP contribution in [0.25, 0.3) is 0 Å². The van der Waals surface area contributed by atoms with E-state index in [1.54, 1.807) is 0 Å². The van der Waals surface area contributed by atoms with Crippen molar-refractivity contribution in [2.24, 2.45) is 4.99 Å². The van der Waals surface area contributed by atoms with Gasteiger partial charge in [-0.15, -0.1) is 0 Å². The Morgan fingerprint density at radius 1 is 1.00 bits per heavy atom. The second-order valence-corrected chi connectivity index (χ2v) is 4.36. The van der Waals surface area contributed by atoms with E-state index in [0.29, 0.717) is 0 Å². The van der Waals surface area contributed by atoms with E-state index in [4.69, 9.17) is 0 Å². The lowest BCUT2D eigenvalue weighted by Gasteiger charge is -1.97. The normalized spacial score (nSPS) is 10.7. The molecule has 0 fully saturated rings. The summed E-state index contributed by atoms with van der Waals surface area (Å²) in [5, 5.41) is 0. The summed E-state index contributed by atoms with van der Waals surface area (Å²) in [4.78, 5) is 4.58. The molecule has 0 aromatic heterocycles. The van der Waals surface area contributed by atoms with Crippen LogP contribution in [0.15, 0.2) is 59.6 Å². The number of aliphatic imine (C=N–C) groups is 1. The number of aryl methyl sites for hydroxylation is 1. The molecule has 0 bridgehead atoms. The van der Waals surface area contributed by atoms with Crippen molar-refractivity contribution in [2.45, 2.75) is 20.3 Å². The van der Waals surface area contributed by atoms with E-state index >= 15 is 0 Å². The van der Waals surface area contributed by atoms with Gasteiger partial charge in [-0.05, 0) is 43.5 Å². The lowest BCUT2D eigenvalue weighted by Crippen LogP contribution is -1.90. The summed E-state index contributed by atoms with van der Waals surface area (Å²) in [6, 6.07) is 18.2. The third-order valence-corrected chi connectivity index (χ3v) is 2.76. The first-order valence-corrected chi connectivity index (χ1v) is 6.49. The highest BCUT2D eigenvalue weighted by Gasteiger charge is 1.93. The standard InChI is InChI=1S/C18H17N/c1-3-17(14-11-16-7-5-4-6-8-16)19-18-12-9-15(2)10-13-18/h4-10,12-13H,3H2,1-2H3. The molecular weight excluding hydrogens is 230 g/mol. The first kappa shape index (κ1) is 13.1. The average molecular weight is 247 g/mol. The maximum Gasteiger partial charge on any atom is 0.0907 e. The van der Waals surface area contributed by atoms with Gasteiger partial charge >= 0.3 is 0 Å². The van der Waals surface area contributed by atoms with Crippen LogP contribution in [0, 0.1) is 18.8 Å². The van der Waals surface area contributed by atoms with Crippen molar-refractivity contribution < 1.29 is 0 Å². The molecule has 0 spiro atoms. The fourth-order valence-corrected chi connectivity index (χ4v) is 1.64. The number of benzene rings is 2. The second kappa shape index (κ2) is 6.56. The zero-order valence-corrected chi connectivity index (χ0v) is 11.4. The van der Waals surface area contributed by atoms with E-state index in [2.05, 4.69) is 42.8 Å². The molecule has 0 radical (unpaired) electrons. The first-order valence-electron chi connectivity index (χ1n) is 6.49. The molecule has 0 heterocycles. The first-order chi connectivity index (χ1) is 9.28. The summed E-state index contributed by atoms with van der Waals surface area (Å²) in [5.41, 5.74) is 4.14. The van der Waals surface area contributed by atoms with Crippen LogP contribution >= 0.6 is 0 Å². The minimum Gasteiger partial charge on any atom is -0.244 e. The van der Waals surface area contributed by atoms with Gasteiger partial charge in [-0.1, -0.05) is 48.7 Å². The Kier molecular flexibility index (Phi) is 4.53. The largest absolute Gasteiger partial charge is 0.244 e. The predicted octanol–water partition coefficient (Wildman–Crippen LogP) is 4.53. The lowest BCUT2D eigenvalue weighted by molar-refractivity contribution is 1.28. The molecule has 0 amide bonds. The molecule has 0 unspecified atom stereocenters. The van der Waals surface area contributed by atoms with Crippen molar-refractivity contribution in [1.29, 1.82) is 0 Å². The van der Waals surface area contributed by atoms with Crippen molar-refractivity contribution in [3.63, 3.8) is 0 Å². The van der Waals surface area contributed by atoms with Gasteiger partial charge in [0.25, 0.3) is 0 Å². The summed E-state index contributed by atoms with van der Waals surface area (Å²) >= 11 is 0. The van der Waals surface area contributed by atoms with E-state index in [1.165, 1.54) is 5.56 Å². The van der Waals surface area contributed by atoms with Gasteiger partial charge in [-0.3, -0.25) is 0 Å². The highest BCUT2D eigenvalue weighted by atomic mass is 14.7. The summed E-state index contributed by atoms with van der Waals surface area (Å²) < 4.78 is 0. The molecule has 2 rings (SSSR count). The predicted molar refractivity (Wildman–Crippen MR) is 81.9 cm³/mol. The van der Waals surface area contributed by atoms with Crippen LogP contribution in [0.4, 0.5) is 5.69 Å². The third-order valence-electron chi connectivity index (χ3n) is 2.76. The van der Waals surface area contributed by atoms with Crippen LogP contribution in [0.2, 0.25) is 0 Å². The SMILES string of the molecule is CCC(C#Cc1ccccc1)=Nc1ccc(C)cc1. The van der Waals surface area contributed by atoms with Gasteiger partial charge in [0.15, 0.2) is 0 Å². The smallest absolute Gasteiger partial charge is 0.0907 e. The van der Waals surface area contributed by atoms with Crippen LogP contribution in [0.3, 0.4) is 0 Å². The molecule has 0 N–H and O–H groups in total. The summed E-state index contributed by atoms with van der Waals surface area (Å²) in [6.07, 6.45) is 0.841. The van der Waals surface area contributed by atoms with Crippen LogP contribution in [-0.4, -0.2) is 5.71 Å². The average Bonchev–Trinajstić information content (AvgIpc) is 2.46. The van der Waals surface area contributed by atoms with Crippen molar-refractivity contribution in [3.8, 4) is 11.8 Å². The summed E-state index contributed by atoms with van der Waals surface area (Å²) in [5.74, 6) is 6.30. The van der Waals surface area contributed by atoms with E-state index in [0.717, 1.165) is 23.4 Å². The molecule has 19 heavy (non-hydrogen) atoms. The quantitative estimate of drug-likeness (QED) is 0.546. The van der Waals surface area contributed by atoms with Gasteiger partial charge in [0.2, 0.25) is 0 Å². The fourth-order valence-electron chi connectivity index (χ4n) is 1.64. The lowest BCUT2D eigenvalue weighted by atomic mass is 10.2. The maximum atomic E-state index is 4.58. The Bertz CT molecular complexity index is 610. The highest BCUT2D eigenvalue weighted by molar-refractivity contribution is 6.02. The molecule has 1 heteroatoms. The Morgan fingerprint density at radius 2 is 1.68 bits per heavy atom. The van der Waals surface area contributed by atoms with Gasteiger partial charge < -0.3 is 0 Å². The zero-order chi connectivity index (χ0) is 13.5. The maximum absolute atomic E-state index is 4.58. The van der Waals surface area contributed by atoms with Crippen LogP contribution < -0.4 is 0 Å². The minimum absolute atomic E-state index is 0.841. The zero-order valence-electron chi connectivity index (χ0n) is 11.4. The van der Waals surface area contributed by atoms with Crippen molar-refractivity contribution >= 4 is 11.4 Å². The number of hydrogen-bond donors (Lipinski definition) is 0. The highest BCUT2D eigenvalue weighted by Crippen LogP contribution is 2.13. The molecule has 0 aliphatic rings. The van der Waals surface area contributed by atoms with Gasteiger partial charge in [-0.2, -0.15) is 0 Å². The molecule has 0 aliphatic carbocycles. The van der Waals surface area contributed by atoms with E-state index < -0.39 is 0 Å². The number of hydrogen-bond acceptors (Lipinski definition) is 1. The minimum atomic E-state index is 0.841. The summed E-state index contributed by atoms with van der Waals surface area (Å²) in [6.45, 7) is 4.15. The van der Waals surface area contributed by atoms with Crippen LogP contribution in [0.5, 0.6) is 0 Å². The monoisotopic (exact) mass is 247 g/mol. The third kappa shape index (κ3) is 4.12. The molecule has 2 aromatic rings. The van der Waals surface area contributed by atoms with Crippen molar-refractivity contribution in [2.75, 3.05) is 0 Å². The molecule has 0 atom stereocenters. The Balaban J connectivity index is 2.21. The molecule has 2 aromatic carbocycles. The van der Waals surface area contributed by atoms with E-state index in [-0.39, 0.29) is 0 Å². The van der Waals surface area contributed by atoms with Gasteiger partial charge in [0.1, 0.15) is 0 Å². The van der Waals surface area contributed by atoms with Gasteiger partial charge in [0, 0.05) is 5.56 Å². The van der Waals surface area contributed by atoms with Crippen LogP contribution in [-0.2, 0) is 0 Å². The van der Waals surface area contributed by atoms with E-state index in [1.807, 2.05) is 42.5 Å². The summed E-state index contributed by atoms with van der Waals surface area (Å²) in [7, 11) is 0. The number of nitrogens with zero attached hydrogens (tertiary/aromatic N) is 1. The Hall–Kier alpha value is -2.33. The molecular formula is C18H17N. The van der Waals surface area contributed by atoms with Crippen molar-refractivity contribution in [3.05, 3.63) is 65.7 Å². The fraction of sp³-hybridized carbons (Fsp3) is 0.167. The number of rotatable bonds is 2. The topological polar surface area (TPSA) is 12.4 Å². The van der Waals surface area contributed by atoms with E-state index in [9.17, 15) is 0 Å². The molecule has 0 saturated heterocycles. The van der Waals surface area contributed by atoms with Gasteiger partial charge in [-0.25, -0.2) is 4.99 Å². The molecule has 94 valence electrons. The Labute approximate surface area is 115 Å². The molecule has 0 aliphatic heterocycles. The Morgan fingerprint density at radius 3 is 2.32 bits per heavy atom. The van der Waals surface area contributed by atoms with Crippen molar-refractivity contribution in [1.82, 2.24) is 0 Å². The second-order valence-electron chi connectivity index (χ2n) is 4.36.